The zero-order valence-corrected chi connectivity index (χ0v) is 17.6. The van der Waals surface area contributed by atoms with Crippen molar-refractivity contribution < 1.29 is 19.0 Å². The van der Waals surface area contributed by atoms with E-state index in [9.17, 15) is 9.90 Å². The van der Waals surface area contributed by atoms with E-state index in [4.69, 9.17) is 4.74 Å². The van der Waals surface area contributed by atoms with Gasteiger partial charge < -0.3 is 15.2 Å². The molecule has 31 heavy (non-hydrogen) atoms. The molecule has 1 saturated heterocycles. The molecule has 2 amide bonds. The van der Waals surface area contributed by atoms with Gasteiger partial charge in [-0.3, -0.25) is 5.32 Å². The second-order valence-electron chi connectivity index (χ2n) is 8.09. The topological polar surface area (TPSA) is 121 Å². The smallest absolute Gasteiger partial charge is 0.321 e. The zero-order valence-electron chi connectivity index (χ0n) is 17.6. The monoisotopic (exact) mass is 428 g/mol. The van der Waals surface area contributed by atoms with E-state index in [1.807, 2.05) is 0 Å². The van der Waals surface area contributed by atoms with Crippen molar-refractivity contribution in [1.82, 2.24) is 20.6 Å². The number of allylic oxidation sites excluding steroid dienone is 3. The number of carbonyl (C=O) groups is 1. The lowest BCUT2D eigenvalue weighted by Crippen LogP contribution is -2.38. The summed E-state index contributed by atoms with van der Waals surface area (Å²) in [6, 6.07) is -0.428. The van der Waals surface area contributed by atoms with Gasteiger partial charge in [0.1, 0.15) is 11.4 Å². The Bertz CT molecular complexity index is 1000. The predicted octanol–water partition coefficient (Wildman–Crippen LogP) is 2.21. The highest BCUT2D eigenvalue weighted by Crippen LogP contribution is 2.41. The van der Waals surface area contributed by atoms with Gasteiger partial charge in [-0.15, -0.1) is 0 Å². The summed E-state index contributed by atoms with van der Waals surface area (Å²) >= 11 is 0. The van der Waals surface area contributed by atoms with Crippen LogP contribution >= 0.6 is 0 Å². The maximum atomic E-state index is 15.8. The van der Waals surface area contributed by atoms with Crippen LogP contribution in [0.2, 0.25) is 0 Å². The molecule has 2 aliphatic heterocycles. The van der Waals surface area contributed by atoms with Crippen LogP contribution in [-0.4, -0.2) is 52.0 Å². The lowest BCUT2D eigenvalue weighted by atomic mass is 9.84. The molecule has 3 N–H and O–H groups in total. The SMILES string of the molecule is CCNC(=O)NC1=NC2=CC(c3cnc(C(C)(C)O)nc3)=C(F)C(C3CCCO3)C2=N1. The summed E-state index contributed by atoms with van der Waals surface area (Å²) in [7, 11) is 0. The Morgan fingerprint density at radius 3 is 2.68 bits per heavy atom. The molecular formula is C21H25FN6O3. The fraction of sp³-hybridized carbons (Fsp3) is 0.476. The Kier molecular flexibility index (Phi) is 5.67. The number of aliphatic imine (C=N–C) groups is 2. The van der Waals surface area contributed by atoms with Crippen molar-refractivity contribution in [3.05, 3.63) is 41.4 Å². The van der Waals surface area contributed by atoms with Gasteiger partial charge in [0, 0.05) is 36.7 Å². The van der Waals surface area contributed by atoms with E-state index in [1.54, 1.807) is 26.8 Å². The number of nitrogens with one attached hydrogen (secondary N) is 2. The van der Waals surface area contributed by atoms with E-state index in [0.717, 1.165) is 6.42 Å². The maximum Gasteiger partial charge on any atom is 0.321 e. The van der Waals surface area contributed by atoms with E-state index in [2.05, 4.69) is 30.6 Å². The number of ether oxygens (including phenoxy) is 1. The number of aromatic nitrogens is 2. The third-order valence-corrected chi connectivity index (χ3v) is 5.23. The van der Waals surface area contributed by atoms with Gasteiger partial charge in [-0.1, -0.05) is 0 Å². The fourth-order valence-corrected chi connectivity index (χ4v) is 3.77. The van der Waals surface area contributed by atoms with E-state index in [-0.39, 0.29) is 17.9 Å². The van der Waals surface area contributed by atoms with Gasteiger partial charge in [-0.2, -0.15) is 0 Å². The van der Waals surface area contributed by atoms with Crippen molar-refractivity contribution in [2.75, 3.05) is 13.2 Å². The largest absolute Gasteiger partial charge is 0.382 e. The first kappa shape index (κ1) is 21.3. The number of urea groups is 1. The molecule has 0 bridgehead atoms. The molecule has 0 aromatic carbocycles. The summed E-state index contributed by atoms with van der Waals surface area (Å²) in [5, 5.41) is 15.3. The summed E-state index contributed by atoms with van der Waals surface area (Å²) < 4.78 is 21.5. The summed E-state index contributed by atoms with van der Waals surface area (Å²) in [4.78, 5) is 29.0. The Morgan fingerprint density at radius 1 is 1.32 bits per heavy atom. The molecule has 0 radical (unpaired) electrons. The molecule has 164 valence electrons. The van der Waals surface area contributed by atoms with Crippen LogP contribution in [0.4, 0.5) is 9.18 Å². The van der Waals surface area contributed by atoms with Gasteiger partial charge in [-0.05, 0) is 39.7 Å². The third kappa shape index (κ3) is 4.26. The highest BCUT2D eigenvalue weighted by molar-refractivity contribution is 6.19. The van der Waals surface area contributed by atoms with Gasteiger partial charge in [0.05, 0.1) is 23.4 Å². The van der Waals surface area contributed by atoms with E-state index < -0.39 is 23.4 Å². The summed E-state index contributed by atoms with van der Waals surface area (Å²) in [5.74, 6) is -0.781. The molecule has 0 saturated carbocycles. The fourth-order valence-electron chi connectivity index (χ4n) is 3.77. The number of hydrogen-bond donors (Lipinski definition) is 3. The normalized spacial score (nSPS) is 23.2. The molecule has 9 nitrogen and oxygen atoms in total. The molecular weight excluding hydrogens is 403 g/mol. The number of halogens is 1. The number of guanidine groups is 1. The Hall–Kier alpha value is -2.98. The highest BCUT2D eigenvalue weighted by Gasteiger charge is 2.41. The number of amides is 2. The van der Waals surface area contributed by atoms with Crippen LogP contribution in [-0.2, 0) is 10.3 Å². The minimum atomic E-state index is -1.20. The van der Waals surface area contributed by atoms with E-state index in [0.29, 0.717) is 42.1 Å². The minimum Gasteiger partial charge on any atom is -0.382 e. The van der Waals surface area contributed by atoms with Gasteiger partial charge >= 0.3 is 6.03 Å². The quantitative estimate of drug-likeness (QED) is 0.679. The molecule has 1 fully saturated rings. The van der Waals surface area contributed by atoms with Gasteiger partial charge in [-0.25, -0.2) is 29.1 Å². The first-order valence-corrected chi connectivity index (χ1v) is 10.3. The number of fused-ring (bicyclic) bond motifs is 1. The van der Waals surface area contributed by atoms with Crippen LogP contribution in [0.1, 0.15) is 45.0 Å². The van der Waals surface area contributed by atoms with Crippen LogP contribution in [0.25, 0.3) is 5.57 Å². The molecule has 1 aromatic rings. The zero-order chi connectivity index (χ0) is 22.2. The van der Waals surface area contributed by atoms with E-state index in [1.165, 1.54) is 12.4 Å². The molecule has 2 atom stereocenters. The van der Waals surface area contributed by atoms with Gasteiger partial charge in [0.15, 0.2) is 5.82 Å². The first-order chi connectivity index (χ1) is 14.8. The predicted molar refractivity (Wildman–Crippen MR) is 113 cm³/mol. The molecule has 3 aliphatic rings. The van der Waals surface area contributed by atoms with Crippen molar-refractivity contribution >= 4 is 23.3 Å². The second-order valence-corrected chi connectivity index (χ2v) is 8.09. The van der Waals surface area contributed by atoms with Crippen LogP contribution in [0.15, 0.2) is 40.0 Å². The average molecular weight is 428 g/mol. The van der Waals surface area contributed by atoms with Crippen LogP contribution in [0.5, 0.6) is 0 Å². The van der Waals surface area contributed by atoms with Crippen LogP contribution in [0.3, 0.4) is 0 Å². The summed E-state index contributed by atoms with van der Waals surface area (Å²) in [6.45, 7) is 5.98. The summed E-state index contributed by atoms with van der Waals surface area (Å²) in [5.41, 5.74) is 0.454. The van der Waals surface area contributed by atoms with Crippen molar-refractivity contribution in [3.8, 4) is 0 Å². The van der Waals surface area contributed by atoms with E-state index >= 15 is 4.39 Å². The van der Waals surface area contributed by atoms with Crippen molar-refractivity contribution in [2.45, 2.75) is 45.3 Å². The van der Waals surface area contributed by atoms with Crippen LogP contribution in [0, 0.1) is 5.92 Å². The lowest BCUT2D eigenvalue weighted by molar-refractivity contribution is 0.0686. The molecule has 2 unspecified atom stereocenters. The number of hydrogen-bond acceptors (Lipinski definition) is 7. The van der Waals surface area contributed by atoms with Crippen LogP contribution < -0.4 is 10.6 Å². The lowest BCUT2D eigenvalue weighted by Gasteiger charge is -2.26. The Labute approximate surface area is 179 Å². The maximum absolute atomic E-state index is 15.8. The molecule has 0 spiro atoms. The highest BCUT2D eigenvalue weighted by atomic mass is 19.1. The molecule has 1 aliphatic carbocycles. The van der Waals surface area contributed by atoms with Gasteiger partial charge in [0.25, 0.3) is 0 Å². The average Bonchev–Trinajstić information content (AvgIpc) is 3.37. The Balaban J connectivity index is 1.71. The van der Waals surface area contributed by atoms with Gasteiger partial charge in [0.2, 0.25) is 5.96 Å². The van der Waals surface area contributed by atoms with Crippen molar-refractivity contribution in [1.29, 1.82) is 0 Å². The molecule has 4 rings (SSSR count). The van der Waals surface area contributed by atoms with Crippen molar-refractivity contribution in [3.63, 3.8) is 0 Å². The third-order valence-electron chi connectivity index (χ3n) is 5.23. The standard InChI is InChI=1S/C21H25FN6O3/c1-4-23-20(29)28-19-26-13-8-12(11-9-24-18(25-10-11)21(2,3)30)16(22)15(17(13)27-19)14-6-5-7-31-14/h8-10,14-15,30H,4-7H2,1-3H3,(H2,23,26,28,29). The molecule has 3 heterocycles. The number of carbonyl (C=O) groups excluding carboxylic acids is 1. The molecule has 1 aromatic heterocycles. The first-order valence-electron chi connectivity index (χ1n) is 10.3. The second kappa shape index (κ2) is 8.27. The summed E-state index contributed by atoms with van der Waals surface area (Å²) in [6.07, 6.45) is 5.71. The number of rotatable bonds is 4. The minimum absolute atomic E-state index is 0.109. The van der Waals surface area contributed by atoms with Crippen molar-refractivity contribution in [2.24, 2.45) is 15.9 Å². The number of aliphatic hydroxyl groups is 1. The Morgan fingerprint density at radius 2 is 2.06 bits per heavy atom. The number of nitrogens with zero attached hydrogens (tertiary/aromatic N) is 4. The molecule has 10 heteroatoms.